The van der Waals surface area contributed by atoms with Crippen LogP contribution in [0.3, 0.4) is 0 Å². The number of fused-ring (bicyclic) bond motifs is 1. The van der Waals surface area contributed by atoms with Gasteiger partial charge in [-0.3, -0.25) is 5.10 Å². The van der Waals surface area contributed by atoms with Gasteiger partial charge >= 0.3 is 5.97 Å². The Morgan fingerprint density at radius 3 is 2.60 bits per heavy atom. The number of carbonyl (C=O) groups is 1. The van der Waals surface area contributed by atoms with Gasteiger partial charge in [0, 0.05) is 11.6 Å². The monoisotopic (exact) mass is 276 g/mol. The standard InChI is InChI=1S/C13H12N2O5/c1-18-10-6-12-11(19-2-3-20-12)4-7(10)8-5-9(13(16)17)15-14-8/h4-6H,2-3H2,1H3,(H,14,15)(H,16,17). The number of carboxylic acid groups (broad SMARTS) is 1. The van der Waals surface area contributed by atoms with E-state index in [1.807, 2.05) is 0 Å². The van der Waals surface area contributed by atoms with E-state index in [4.69, 9.17) is 19.3 Å². The Morgan fingerprint density at radius 2 is 2.00 bits per heavy atom. The number of methoxy groups -OCH3 is 1. The van der Waals surface area contributed by atoms with Crippen LogP contribution in [-0.4, -0.2) is 41.6 Å². The van der Waals surface area contributed by atoms with E-state index in [0.717, 1.165) is 0 Å². The van der Waals surface area contributed by atoms with Crippen molar-refractivity contribution < 1.29 is 24.1 Å². The molecule has 0 atom stereocenters. The quantitative estimate of drug-likeness (QED) is 0.883. The fraction of sp³-hybridized carbons (Fsp3) is 0.231. The van der Waals surface area contributed by atoms with E-state index in [9.17, 15) is 4.79 Å². The second-order valence-corrected chi connectivity index (χ2v) is 4.17. The second kappa shape index (κ2) is 4.76. The lowest BCUT2D eigenvalue weighted by molar-refractivity contribution is 0.0690. The Hall–Kier alpha value is -2.70. The van der Waals surface area contributed by atoms with Crippen LogP contribution in [0.5, 0.6) is 17.2 Å². The highest BCUT2D eigenvalue weighted by molar-refractivity contribution is 5.87. The van der Waals surface area contributed by atoms with Crippen molar-refractivity contribution in [3.8, 4) is 28.5 Å². The molecule has 20 heavy (non-hydrogen) atoms. The molecule has 0 radical (unpaired) electrons. The van der Waals surface area contributed by atoms with Crippen LogP contribution in [0.15, 0.2) is 18.2 Å². The highest BCUT2D eigenvalue weighted by atomic mass is 16.6. The molecule has 1 aliphatic rings. The van der Waals surface area contributed by atoms with E-state index < -0.39 is 5.97 Å². The second-order valence-electron chi connectivity index (χ2n) is 4.17. The molecular formula is C13H12N2O5. The predicted molar refractivity (Wildman–Crippen MR) is 68.5 cm³/mol. The first-order chi connectivity index (χ1) is 9.69. The summed E-state index contributed by atoms with van der Waals surface area (Å²) in [4.78, 5) is 10.9. The molecule has 0 fully saturated rings. The molecule has 0 amide bonds. The minimum atomic E-state index is -1.07. The van der Waals surface area contributed by atoms with Gasteiger partial charge in [0.15, 0.2) is 11.5 Å². The minimum Gasteiger partial charge on any atom is -0.496 e. The molecule has 7 heteroatoms. The van der Waals surface area contributed by atoms with Crippen molar-refractivity contribution in [1.82, 2.24) is 10.2 Å². The number of rotatable bonds is 3. The third-order valence-electron chi connectivity index (χ3n) is 2.95. The number of carboxylic acids is 1. The summed E-state index contributed by atoms with van der Waals surface area (Å²) < 4.78 is 16.3. The molecule has 104 valence electrons. The molecule has 1 aliphatic heterocycles. The first kappa shape index (κ1) is 12.3. The molecule has 0 aliphatic carbocycles. The zero-order valence-corrected chi connectivity index (χ0v) is 10.7. The lowest BCUT2D eigenvalue weighted by Crippen LogP contribution is -2.15. The third-order valence-corrected chi connectivity index (χ3v) is 2.95. The molecule has 1 aromatic carbocycles. The number of nitrogens with zero attached hydrogens (tertiary/aromatic N) is 1. The first-order valence-electron chi connectivity index (χ1n) is 5.95. The van der Waals surface area contributed by atoms with E-state index in [0.29, 0.717) is 41.7 Å². The van der Waals surface area contributed by atoms with Crippen molar-refractivity contribution >= 4 is 5.97 Å². The average molecular weight is 276 g/mol. The molecule has 0 saturated carbocycles. The maximum Gasteiger partial charge on any atom is 0.353 e. The fourth-order valence-electron chi connectivity index (χ4n) is 2.01. The maximum absolute atomic E-state index is 10.9. The summed E-state index contributed by atoms with van der Waals surface area (Å²) in [5.74, 6) is 0.663. The smallest absolute Gasteiger partial charge is 0.353 e. The van der Waals surface area contributed by atoms with Crippen LogP contribution in [0.4, 0.5) is 0 Å². The highest BCUT2D eigenvalue weighted by Gasteiger charge is 2.19. The molecule has 0 spiro atoms. The lowest BCUT2D eigenvalue weighted by atomic mass is 10.1. The summed E-state index contributed by atoms with van der Waals surface area (Å²) >= 11 is 0. The van der Waals surface area contributed by atoms with Gasteiger partial charge in [0.25, 0.3) is 0 Å². The normalized spacial score (nSPS) is 13.1. The minimum absolute atomic E-state index is 0.0111. The van der Waals surface area contributed by atoms with Crippen molar-refractivity contribution in [2.75, 3.05) is 20.3 Å². The number of ether oxygens (including phenoxy) is 3. The van der Waals surface area contributed by atoms with Crippen LogP contribution < -0.4 is 14.2 Å². The zero-order chi connectivity index (χ0) is 14.1. The van der Waals surface area contributed by atoms with E-state index >= 15 is 0 Å². The van der Waals surface area contributed by atoms with Crippen LogP contribution in [-0.2, 0) is 0 Å². The number of benzene rings is 1. The topological polar surface area (TPSA) is 93.7 Å². The third kappa shape index (κ3) is 2.03. The van der Waals surface area contributed by atoms with Gasteiger partial charge < -0.3 is 19.3 Å². The van der Waals surface area contributed by atoms with Gasteiger partial charge in [0.05, 0.1) is 12.8 Å². The summed E-state index contributed by atoms with van der Waals surface area (Å²) in [6.45, 7) is 0.959. The van der Waals surface area contributed by atoms with Gasteiger partial charge in [-0.1, -0.05) is 0 Å². The molecule has 3 rings (SSSR count). The van der Waals surface area contributed by atoms with Gasteiger partial charge in [-0.25, -0.2) is 4.79 Å². The number of H-pyrrole nitrogens is 1. The van der Waals surface area contributed by atoms with Crippen LogP contribution in [0.25, 0.3) is 11.3 Å². The molecule has 0 unspecified atom stereocenters. The first-order valence-corrected chi connectivity index (χ1v) is 5.95. The predicted octanol–water partition coefficient (Wildman–Crippen LogP) is 1.55. The Bertz CT molecular complexity index is 665. The van der Waals surface area contributed by atoms with Gasteiger partial charge in [-0.2, -0.15) is 5.10 Å². The van der Waals surface area contributed by atoms with E-state index in [-0.39, 0.29) is 5.69 Å². The number of aromatic carboxylic acids is 1. The Balaban J connectivity index is 2.08. The number of aromatic amines is 1. The lowest BCUT2D eigenvalue weighted by Gasteiger charge is -2.20. The molecule has 1 aromatic heterocycles. The molecule has 2 aromatic rings. The molecule has 0 bridgehead atoms. The Kier molecular flexibility index (Phi) is 2.94. The van der Waals surface area contributed by atoms with Crippen LogP contribution in [0.1, 0.15) is 10.5 Å². The van der Waals surface area contributed by atoms with Gasteiger partial charge in [0.2, 0.25) is 0 Å². The van der Waals surface area contributed by atoms with E-state index in [1.54, 1.807) is 12.1 Å². The van der Waals surface area contributed by atoms with Crippen molar-refractivity contribution in [1.29, 1.82) is 0 Å². The number of hydrogen-bond donors (Lipinski definition) is 2. The summed E-state index contributed by atoms with van der Waals surface area (Å²) in [5, 5.41) is 15.4. The van der Waals surface area contributed by atoms with Gasteiger partial charge in [-0.15, -0.1) is 0 Å². The number of hydrogen-bond acceptors (Lipinski definition) is 5. The Morgan fingerprint density at radius 1 is 1.30 bits per heavy atom. The van der Waals surface area contributed by atoms with Crippen LogP contribution in [0, 0.1) is 0 Å². The van der Waals surface area contributed by atoms with E-state index in [2.05, 4.69) is 10.2 Å². The van der Waals surface area contributed by atoms with Crippen molar-refractivity contribution in [3.05, 3.63) is 23.9 Å². The summed E-state index contributed by atoms with van der Waals surface area (Å²) in [5.41, 5.74) is 1.12. The molecule has 2 heterocycles. The summed E-state index contributed by atoms with van der Waals surface area (Å²) in [6.07, 6.45) is 0. The summed E-state index contributed by atoms with van der Waals surface area (Å²) in [7, 11) is 1.53. The number of aromatic nitrogens is 2. The molecule has 0 saturated heterocycles. The summed E-state index contributed by atoms with van der Waals surface area (Å²) in [6, 6.07) is 4.88. The maximum atomic E-state index is 10.9. The van der Waals surface area contributed by atoms with Crippen molar-refractivity contribution in [2.24, 2.45) is 0 Å². The van der Waals surface area contributed by atoms with Crippen molar-refractivity contribution in [3.63, 3.8) is 0 Å². The number of nitrogens with one attached hydrogen (secondary N) is 1. The van der Waals surface area contributed by atoms with Gasteiger partial charge in [-0.05, 0) is 12.1 Å². The zero-order valence-electron chi connectivity index (χ0n) is 10.7. The highest BCUT2D eigenvalue weighted by Crippen LogP contribution is 2.40. The van der Waals surface area contributed by atoms with E-state index in [1.165, 1.54) is 13.2 Å². The van der Waals surface area contributed by atoms with Crippen molar-refractivity contribution in [2.45, 2.75) is 0 Å². The van der Waals surface area contributed by atoms with Crippen LogP contribution in [0.2, 0.25) is 0 Å². The molecular weight excluding hydrogens is 264 g/mol. The SMILES string of the molecule is COc1cc2c(cc1-c1cc(C(=O)O)[nH]n1)OCCO2. The largest absolute Gasteiger partial charge is 0.496 e. The Labute approximate surface area is 114 Å². The van der Waals surface area contributed by atoms with Gasteiger partial charge in [0.1, 0.15) is 24.7 Å². The fourth-order valence-corrected chi connectivity index (χ4v) is 2.01. The molecule has 7 nitrogen and oxygen atoms in total. The molecule has 2 N–H and O–H groups in total. The average Bonchev–Trinajstić information content (AvgIpc) is 2.95. The van der Waals surface area contributed by atoms with Crippen LogP contribution >= 0.6 is 0 Å².